The number of likely N-dealkylation sites (tertiary alicyclic amines) is 1. The van der Waals surface area contributed by atoms with Crippen LogP contribution < -0.4 is 5.32 Å². The molecule has 0 bridgehead atoms. The lowest BCUT2D eigenvalue weighted by Crippen LogP contribution is -2.31. The van der Waals surface area contributed by atoms with E-state index in [0.717, 1.165) is 31.5 Å². The molecule has 0 radical (unpaired) electrons. The van der Waals surface area contributed by atoms with Crippen LogP contribution in [0.3, 0.4) is 0 Å². The summed E-state index contributed by atoms with van der Waals surface area (Å²) in [7, 11) is 0. The van der Waals surface area contributed by atoms with Gasteiger partial charge in [-0.25, -0.2) is 0 Å². The quantitative estimate of drug-likeness (QED) is 0.900. The van der Waals surface area contributed by atoms with Crippen molar-refractivity contribution in [3.8, 4) is 0 Å². The predicted molar refractivity (Wildman–Crippen MR) is 85.2 cm³/mol. The second-order valence-corrected chi connectivity index (χ2v) is 7.41. The first kappa shape index (κ1) is 14.7. The maximum absolute atomic E-state index is 12.4. The molecule has 2 heterocycles. The summed E-state index contributed by atoms with van der Waals surface area (Å²) in [6.07, 6.45) is 8.55. The van der Waals surface area contributed by atoms with E-state index in [1.54, 1.807) is 12.4 Å². The van der Waals surface area contributed by atoms with Crippen LogP contribution in [-0.4, -0.2) is 34.8 Å². The molecule has 1 spiro atoms. The Balaban J connectivity index is 1.27. The molecule has 3 fully saturated rings. The first-order valence-corrected chi connectivity index (χ1v) is 8.61. The third-order valence-electron chi connectivity index (χ3n) is 5.59. The van der Waals surface area contributed by atoms with Crippen LogP contribution in [0, 0.1) is 17.3 Å². The summed E-state index contributed by atoms with van der Waals surface area (Å²) in [5, 5.41) is 3.02. The van der Waals surface area contributed by atoms with Crippen LogP contribution in [0.4, 0.5) is 0 Å². The van der Waals surface area contributed by atoms with Gasteiger partial charge >= 0.3 is 0 Å². The Kier molecular flexibility index (Phi) is 3.58. The van der Waals surface area contributed by atoms with E-state index in [1.807, 2.05) is 17.0 Å². The van der Waals surface area contributed by atoms with Gasteiger partial charge in [0.1, 0.15) is 0 Å². The minimum atomic E-state index is 0.0677. The van der Waals surface area contributed by atoms with E-state index in [1.165, 1.54) is 12.8 Å². The summed E-state index contributed by atoms with van der Waals surface area (Å²) < 4.78 is 0. The second kappa shape index (κ2) is 5.62. The van der Waals surface area contributed by atoms with Crippen molar-refractivity contribution >= 4 is 11.8 Å². The first-order chi connectivity index (χ1) is 11.2. The van der Waals surface area contributed by atoms with Crippen LogP contribution in [0.2, 0.25) is 0 Å². The lowest BCUT2D eigenvalue weighted by molar-refractivity contribution is -0.131. The van der Waals surface area contributed by atoms with Crippen molar-refractivity contribution < 1.29 is 9.59 Å². The maximum atomic E-state index is 12.4. The van der Waals surface area contributed by atoms with E-state index in [0.29, 0.717) is 24.8 Å². The van der Waals surface area contributed by atoms with Crippen molar-refractivity contribution in [3.63, 3.8) is 0 Å². The van der Waals surface area contributed by atoms with Crippen molar-refractivity contribution in [2.45, 2.75) is 38.6 Å². The zero-order chi connectivity index (χ0) is 15.9. The van der Waals surface area contributed by atoms with E-state index in [-0.39, 0.29) is 17.2 Å². The number of nitrogens with one attached hydrogen (secondary N) is 1. The third kappa shape index (κ3) is 3.09. The monoisotopic (exact) mass is 313 g/mol. The van der Waals surface area contributed by atoms with E-state index in [2.05, 4.69) is 10.3 Å². The third-order valence-corrected chi connectivity index (χ3v) is 5.59. The van der Waals surface area contributed by atoms with Crippen LogP contribution in [0.15, 0.2) is 24.5 Å². The zero-order valence-electron chi connectivity index (χ0n) is 13.3. The Morgan fingerprint density at radius 1 is 1.39 bits per heavy atom. The Morgan fingerprint density at radius 3 is 3.00 bits per heavy atom. The molecule has 122 valence electrons. The molecule has 4 rings (SSSR count). The minimum absolute atomic E-state index is 0.0677. The van der Waals surface area contributed by atoms with Gasteiger partial charge in [-0.15, -0.1) is 0 Å². The van der Waals surface area contributed by atoms with Crippen molar-refractivity contribution in [2.75, 3.05) is 13.1 Å². The number of hydrogen-bond acceptors (Lipinski definition) is 3. The molecule has 0 unspecified atom stereocenters. The number of carbonyl (C=O) groups is 2. The molecule has 0 aromatic carbocycles. The smallest absolute Gasteiger partial charge is 0.224 e. The summed E-state index contributed by atoms with van der Waals surface area (Å²) in [6, 6.07) is 3.84. The maximum Gasteiger partial charge on any atom is 0.224 e. The molecule has 1 aromatic heterocycles. The molecule has 5 heteroatoms. The highest BCUT2D eigenvalue weighted by Crippen LogP contribution is 2.58. The van der Waals surface area contributed by atoms with E-state index in [4.69, 9.17) is 0 Å². The van der Waals surface area contributed by atoms with E-state index >= 15 is 0 Å². The van der Waals surface area contributed by atoms with Gasteiger partial charge in [0.25, 0.3) is 0 Å². The Morgan fingerprint density at radius 2 is 2.26 bits per heavy atom. The van der Waals surface area contributed by atoms with Gasteiger partial charge in [0.15, 0.2) is 0 Å². The van der Waals surface area contributed by atoms with Crippen molar-refractivity contribution in [3.05, 3.63) is 30.1 Å². The summed E-state index contributed by atoms with van der Waals surface area (Å²) in [4.78, 5) is 30.6. The summed E-state index contributed by atoms with van der Waals surface area (Å²) in [5.41, 5.74) is 1.08. The Bertz CT molecular complexity index is 614. The van der Waals surface area contributed by atoms with Gasteiger partial charge in [-0.3, -0.25) is 14.6 Å². The summed E-state index contributed by atoms with van der Waals surface area (Å²) >= 11 is 0. The molecule has 1 saturated heterocycles. The molecule has 2 atom stereocenters. The lowest BCUT2D eigenvalue weighted by atomic mass is 10.0. The van der Waals surface area contributed by atoms with Crippen LogP contribution in [0.25, 0.3) is 0 Å². The largest absolute Gasteiger partial charge is 0.352 e. The van der Waals surface area contributed by atoms with E-state index in [9.17, 15) is 9.59 Å². The van der Waals surface area contributed by atoms with Crippen LogP contribution in [0.1, 0.15) is 37.7 Å². The number of pyridine rings is 1. The molecule has 2 amide bonds. The summed E-state index contributed by atoms with van der Waals surface area (Å²) in [5.74, 6) is 1.14. The molecule has 5 nitrogen and oxygen atoms in total. The molecular formula is C18H23N3O2. The van der Waals surface area contributed by atoms with Crippen LogP contribution in [-0.2, 0) is 16.1 Å². The Hall–Kier alpha value is -1.91. The summed E-state index contributed by atoms with van der Waals surface area (Å²) in [6.45, 7) is 2.14. The zero-order valence-corrected chi connectivity index (χ0v) is 13.3. The molecule has 2 saturated carbocycles. The first-order valence-electron chi connectivity index (χ1n) is 8.61. The van der Waals surface area contributed by atoms with Crippen molar-refractivity contribution in [1.82, 2.24) is 15.2 Å². The van der Waals surface area contributed by atoms with Crippen molar-refractivity contribution in [1.29, 1.82) is 0 Å². The molecule has 1 aliphatic heterocycles. The standard InChI is InChI=1S/C18H23N3O2/c22-16(8-13-3-4-13)21-7-5-18(12-21)9-15(18)17(23)20-11-14-2-1-6-19-10-14/h1-2,6,10,13,15H,3-5,7-9,11-12H2,(H,20,23)/t15-,18-/m1/s1. The molecule has 2 aliphatic carbocycles. The molecular weight excluding hydrogens is 290 g/mol. The fourth-order valence-corrected chi connectivity index (χ4v) is 3.79. The number of rotatable bonds is 5. The molecule has 1 N–H and O–H groups in total. The average Bonchev–Trinajstić information content (AvgIpc) is 3.45. The SMILES string of the molecule is O=C(NCc1cccnc1)[C@H]1C[C@@]12CCN(C(=O)CC1CC1)C2. The fraction of sp³-hybridized carbons (Fsp3) is 0.611. The number of carbonyl (C=O) groups excluding carboxylic acids is 2. The fourth-order valence-electron chi connectivity index (χ4n) is 3.79. The topological polar surface area (TPSA) is 62.3 Å². The van der Waals surface area contributed by atoms with Crippen LogP contribution in [0.5, 0.6) is 0 Å². The average molecular weight is 313 g/mol. The Labute approximate surface area is 136 Å². The minimum Gasteiger partial charge on any atom is -0.352 e. The number of amides is 2. The van der Waals surface area contributed by atoms with Gasteiger partial charge in [0.2, 0.25) is 11.8 Å². The van der Waals surface area contributed by atoms with Crippen LogP contribution >= 0.6 is 0 Å². The lowest BCUT2D eigenvalue weighted by Gasteiger charge is -2.16. The van der Waals surface area contributed by atoms with Gasteiger partial charge in [0.05, 0.1) is 0 Å². The number of aromatic nitrogens is 1. The van der Waals surface area contributed by atoms with Gasteiger partial charge in [-0.05, 0) is 43.2 Å². The highest BCUT2D eigenvalue weighted by atomic mass is 16.2. The number of hydrogen-bond donors (Lipinski definition) is 1. The highest BCUT2D eigenvalue weighted by Gasteiger charge is 2.61. The van der Waals surface area contributed by atoms with Gasteiger partial charge < -0.3 is 10.2 Å². The molecule has 3 aliphatic rings. The number of nitrogens with zero attached hydrogens (tertiary/aromatic N) is 2. The highest BCUT2D eigenvalue weighted by molar-refractivity contribution is 5.83. The van der Waals surface area contributed by atoms with Gasteiger partial charge in [0, 0.05) is 49.8 Å². The molecule has 1 aromatic rings. The van der Waals surface area contributed by atoms with Gasteiger partial charge in [-0.2, -0.15) is 0 Å². The second-order valence-electron chi connectivity index (χ2n) is 7.41. The predicted octanol–water partition coefficient (Wildman–Crippen LogP) is 1.74. The van der Waals surface area contributed by atoms with Gasteiger partial charge in [-0.1, -0.05) is 6.07 Å². The normalized spacial score (nSPS) is 28.9. The molecule has 23 heavy (non-hydrogen) atoms. The van der Waals surface area contributed by atoms with Crippen molar-refractivity contribution in [2.24, 2.45) is 17.3 Å². The van der Waals surface area contributed by atoms with E-state index < -0.39 is 0 Å².